The minimum atomic E-state index is 0.282. The first-order valence-electron chi connectivity index (χ1n) is 8.24. The minimum Gasteiger partial charge on any atom is -0.270 e. The summed E-state index contributed by atoms with van der Waals surface area (Å²) in [7, 11) is 0. The molecule has 0 aliphatic carbocycles. The molecule has 0 aliphatic heterocycles. The summed E-state index contributed by atoms with van der Waals surface area (Å²) >= 11 is 1.36. The van der Waals surface area contributed by atoms with E-state index in [0.717, 1.165) is 22.6 Å². The topological polar surface area (TPSA) is 80.3 Å². The van der Waals surface area contributed by atoms with Gasteiger partial charge in [0.2, 0.25) is 5.16 Å². The lowest BCUT2D eigenvalue weighted by Gasteiger charge is -2.10. The Morgan fingerprint density at radius 2 is 1.74 bits per heavy atom. The van der Waals surface area contributed by atoms with Crippen LogP contribution in [0.5, 0.6) is 0 Å². The summed E-state index contributed by atoms with van der Waals surface area (Å²) in [4.78, 5) is 0. The first kappa shape index (κ1) is 16.9. The highest BCUT2D eigenvalue weighted by Gasteiger charge is 2.17. The number of nitriles is 1. The van der Waals surface area contributed by atoms with Crippen LogP contribution in [0.1, 0.15) is 11.3 Å². The molecule has 2 aromatic heterocycles. The van der Waals surface area contributed by atoms with E-state index in [1.54, 1.807) is 12.1 Å². The second-order valence-electron chi connectivity index (χ2n) is 5.82. The van der Waals surface area contributed by atoms with Crippen molar-refractivity contribution in [1.29, 1.82) is 5.26 Å². The molecule has 0 aliphatic rings. The molecular weight excluding hydrogens is 356 g/mol. The summed E-state index contributed by atoms with van der Waals surface area (Å²) < 4.78 is 2.01. The van der Waals surface area contributed by atoms with Crippen LogP contribution in [0.2, 0.25) is 0 Å². The molecule has 0 radical (unpaired) electrons. The molecule has 0 bridgehead atoms. The van der Waals surface area contributed by atoms with Gasteiger partial charge in [0.1, 0.15) is 11.1 Å². The molecule has 6 nitrogen and oxygen atoms in total. The van der Waals surface area contributed by atoms with Crippen LogP contribution in [-0.4, -0.2) is 25.0 Å². The molecule has 0 N–H and O–H groups in total. The molecule has 7 heteroatoms. The van der Waals surface area contributed by atoms with Crippen LogP contribution in [0.25, 0.3) is 17.1 Å². The summed E-state index contributed by atoms with van der Waals surface area (Å²) in [5.41, 5.74) is 3.38. The Kier molecular flexibility index (Phi) is 4.64. The maximum Gasteiger partial charge on any atom is 0.202 e. The van der Waals surface area contributed by atoms with Crippen molar-refractivity contribution in [3.05, 3.63) is 78.0 Å². The molecule has 130 valence electrons. The number of hydrogen-bond donors (Lipinski definition) is 0. The van der Waals surface area contributed by atoms with Crippen molar-refractivity contribution in [3.8, 4) is 23.1 Å². The standard InChI is InChI=1S/C20H14N6S/c1-14-6-5-9-17(12-14)26-19(15-7-3-2-4-8-15)24-25-20(26)27-18-11-10-16(13-21)22-23-18/h2-12H,1H3. The number of benzene rings is 2. The van der Waals surface area contributed by atoms with Gasteiger partial charge >= 0.3 is 0 Å². The van der Waals surface area contributed by atoms with Crippen molar-refractivity contribution in [1.82, 2.24) is 25.0 Å². The van der Waals surface area contributed by atoms with Crippen molar-refractivity contribution in [2.24, 2.45) is 0 Å². The summed E-state index contributed by atoms with van der Waals surface area (Å²) in [6.07, 6.45) is 0. The highest BCUT2D eigenvalue weighted by molar-refractivity contribution is 7.99. The lowest BCUT2D eigenvalue weighted by molar-refractivity contribution is 0.867. The Hall–Kier alpha value is -3.50. The molecule has 0 saturated heterocycles. The van der Waals surface area contributed by atoms with Crippen LogP contribution < -0.4 is 0 Å². The molecule has 0 amide bonds. The Morgan fingerprint density at radius 3 is 2.44 bits per heavy atom. The van der Waals surface area contributed by atoms with Crippen molar-refractivity contribution in [3.63, 3.8) is 0 Å². The van der Waals surface area contributed by atoms with Crippen molar-refractivity contribution in [2.45, 2.75) is 17.1 Å². The van der Waals surface area contributed by atoms with Gasteiger partial charge in [0.15, 0.2) is 11.5 Å². The Balaban J connectivity index is 1.82. The Bertz CT molecular complexity index is 1110. The van der Waals surface area contributed by atoms with Crippen LogP contribution in [0, 0.1) is 18.3 Å². The van der Waals surface area contributed by atoms with Gasteiger partial charge in [0.25, 0.3) is 0 Å². The van der Waals surface area contributed by atoms with E-state index in [-0.39, 0.29) is 5.69 Å². The third kappa shape index (κ3) is 3.57. The van der Waals surface area contributed by atoms with E-state index in [9.17, 15) is 0 Å². The first-order valence-corrected chi connectivity index (χ1v) is 9.06. The Morgan fingerprint density at radius 1 is 0.889 bits per heavy atom. The molecule has 2 aromatic carbocycles. The molecule has 27 heavy (non-hydrogen) atoms. The predicted octanol–water partition coefficient (Wildman–Crippen LogP) is 4.06. The van der Waals surface area contributed by atoms with Crippen molar-refractivity contribution >= 4 is 11.8 Å². The fourth-order valence-electron chi connectivity index (χ4n) is 2.64. The largest absolute Gasteiger partial charge is 0.270 e. The second kappa shape index (κ2) is 7.40. The van der Waals surface area contributed by atoms with Crippen LogP contribution in [0.3, 0.4) is 0 Å². The van der Waals surface area contributed by atoms with Crippen molar-refractivity contribution in [2.75, 3.05) is 0 Å². The normalized spacial score (nSPS) is 10.5. The average Bonchev–Trinajstić information content (AvgIpc) is 3.13. The smallest absolute Gasteiger partial charge is 0.202 e. The van der Waals surface area contributed by atoms with E-state index >= 15 is 0 Å². The fraction of sp³-hybridized carbons (Fsp3) is 0.0500. The molecule has 0 saturated carbocycles. The molecule has 4 aromatic rings. The third-order valence-corrected chi connectivity index (χ3v) is 4.75. The molecule has 4 rings (SSSR count). The van der Waals surface area contributed by atoms with Crippen LogP contribution in [-0.2, 0) is 0 Å². The monoisotopic (exact) mass is 370 g/mol. The number of aromatic nitrogens is 5. The van der Waals surface area contributed by atoms with Crippen LogP contribution in [0.15, 0.2) is 76.9 Å². The van der Waals surface area contributed by atoms with Crippen LogP contribution in [0.4, 0.5) is 0 Å². The summed E-state index contributed by atoms with van der Waals surface area (Å²) in [6, 6.07) is 23.5. The van der Waals surface area contributed by atoms with Gasteiger partial charge in [-0.2, -0.15) is 5.26 Å². The zero-order valence-corrected chi connectivity index (χ0v) is 15.3. The maximum atomic E-state index is 8.88. The van der Waals surface area contributed by atoms with Gasteiger partial charge in [0, 0.05) is 5.56 Å². The maximum absolute atomic E-state index is 8.88. The van der Waals surface area contributed by atoms with Gasteiger partial charge in [0.05, 0.1) is 5.69 Å². The quantitative estimate of drug-likeness (QED) is 0.539. The number of rotatable bonds is 4. The van der Waals surface area contributed by atoms with E-state index < -0.39 is 0 Å². The number of hydrogen-bond acceptors (Lipinski definition) is 6. The van der Waals surface area contributed by atoms with Gasteiger partial charge in [-0.15, -0.1) is 20.4 Å². The van der Waals surface area contributed by atoms with E-state index in [0.29, 0.717) is 10.2 Å². The van der Waals surface area contributed by atoms with Crippen molar-refractivity contribution < 1.29 is 0 Å². The molecule has 2 heterocycles. The zero-order chi connectivity index (χ0) is 18.6. The highest BCUT2D eigenvalue weighted by atomic mass is 32.2. The summed E-state index contributed by atoms with van der Waals surface area (Å²) in [5.74, 6) is 0.755. The SMILES string of the molecule is Cc1cccc(-n2c(Sc3ccc(C#N)nn3)nnc2-c2ccccc2)c1. The third-order valence-electron chi connectivity index (χ3n) is 3.88. The second-order valence-corrected chi connectivity index (χ2v) is 6.80. The molecular formula is C20H14N6S. The fourth-order valence-corrected chi connectivity index (χ4v) is 3.41. The molecule has 0 atom stereocenters. The highest BCUT2D eigenvalue weighted by Crippen LogP contribution is 2.31. The summed E-state index contributed by atoms with van der Waals surface area (Å²) in [5, 5.41) is 27.0. The first-order chi connectivity index (χ1) is 13.2. The van der Waals surface area contributed by atoms with E-state index in [2.05, 4.69) is 39.5 Å². The minimum absolute atomic E-state index is 0.282. The van der Waals surface area contributed by atoms with E-state index in [1.165, 1.54) is 11.8 Å². The van der Waals surface area contributed by atoms with Crippen LogP contribution >= 0.6 is 11.8 Å². The van der Waals surface area contributed by atoms with Gasteiger partial charge in [-0.25, -0.2) is 0 Å². The predicted molar refractivity (Wildman–Crippen MR) is 102 cm³/mol. The van der Waals surface area contributed by atoms with Gasteiger partial charge in [-0.3, -0.25) is 4.57 Å². The van der Waals surface area contributed by atoms with Gasteiger partial charge in [-0.1, -0.05) is 42.5 Å². The van der Waals surface area contributed by atoms with E-state index in [4.69, 9.17) is 5.26 Å². The van der Waals surface area contributed by atoms with Gasteiger partial charge < -0.3 is 0 Å². The molecule has 0 spiro atoms. The number of aryl methyl sites for hydroxylation is 1. The average molecular weight is 370 g/mol. The molecule has 0 unspecified atom stereocenters. The lowest BCUT2D eigenvalue weighted by atomic mass is 10.2. The Labute approximate surface area is 160 Å². The lowest BCUT2D eigenvalue weighted by Crippen LogP contribution is -2.00. The summed E-state index contributed by atoms with van der Waals surface area (Å²) in [6.45, 7) is 2.05. The van der Waals surface area contributed by atoms with Gasteiger partial charge in [-0.05, 0) is 48.5 Å². The molecule has 0 fully saturated rings. The number of nitrogens with zero attached hydrogens (tertiary/aromatic N) is 6. The zero-order valence-electron chi connectivity index (χ0n) is 14.4. The van der Waals surface area contributed by atoms with E-state index in [1.807, 2.05) is 53.1 Å².